The molecule has 1 atom stereocenters. The number of halogens is 3. The highest BCUT2D eigenvalue weighted by molar-refractivity contribution is 7.91. The van der Waals surface area contributed by atoms with Gasteiger partial charge in [-0.25, -0.2) is 43.0 Å². The van der Waals surface area contributed by atoms with Gasteiger partial charge >= 0.3 is 12.1 Å². The predicted octanol–water partition coefficient (Wildman–Crippen LogP) is 4.36. The molecule has 0 aliphatic rings. The van der Waals surface area contributed by atoms with Gasteiger partial charge < -0.3 is 5.11 Å². The van der Waals surface area contributed by atoms with E-state index in [-0.39, 0.29) is 34.7 Å². The van der Waals surface area contributed by atoms with Crippen molar-refractivity contribution in [1.82, 2.24) is 13.0 Å². The highest BCUT2D eigenvalue weighted by atomic mass is 32.2. The van der Waals surface area contributed by atoms with Gasteiger partial charge in [0.15, 0.2) is 0 Å². The number of nitrogens with one attached hydrogen (secondary N) is 1. The summed E-state index contributed by atoms with van der Waals surface area (Å²) >= 11 is 0. The summed E-state index contributed by atoms with van der Waals surface area (Å²) in [6.45, 7) is 1.32. The molecule has 0 saturated heterocycles. The van der Waals surface area contributed by atoms with E-state index in [1.165, 1.54) is 55.6 Å². The summed E-state index contributed by atoms with van der Waals surface area (Å²) in [5, 5.41) is 8.34. The maximum absolute atomic E-state index is 14.1. The number of hydrogen-bond donors (Lipinski definition) is 2. The Morgan fingerprint density at radius 3 is 2.16 bits per heavy atom. The highest BCUT2D eigenvalue weighted by Crippen LogP contribution is 2.39. The Kier molecular flexibility index (Phi) is 9.51. The third-order valence-corrected chi connectivity index (χ3v) is 12.1. The average Bonchev–Trinajstić information content (AvgIpc) is 3.41. The van der Waals surface area contributed by atoms with Crippen LogP contribution in [0.5, 0.6) is 0 Å². The second-order valence-corrected chi connectivity index (χ2v) is 15.5. The lowest BCUT2D eigenvalue weighted by Gasteiger charge is -2.22. The van der Waals surface area contributed by atoms with Crippen molar-refractivity contribution in [3.63, 3.8) is 0 Å². The van der Waals surface area contributed by atoms with E-state index in [1.807, 2.05) is 0 Å². The van der Waals surface area contributed by atoms with Gasteiger partial charge in [-0.05, 0) is 55.3 Å². The van der Waals surface area contributed by atoms with E-state index in [9.17, 15) is 48.3 Å². The van der Waals surface area contributed by atoms with E-state index in [1.54, 1.807) is 6.92 Å². The standard InChI is InChI=1S/C28H28F3N3O8S3/c1-3-20(15-16-33(2)44(39,40)22-12-7-9-19(17-22)27(35)36)32-43(37,38)25-18-34(45(41,42)21-10-5-4-6-11-21)24-14-8-13-23(26(24)25)28(29,30)31/h4-14,17-18,20,32H,3,15-16H2,1-2H3,(H,35,36). The van der Waals surface area contributed by atoms with Gasteiger partial charge in [0.2, 0.25) is 20.0 Å². The Bertz CT molecular complexity index is 2060. The summed E-state index contributed by atoms with van der Waals surface area (Å²) in [4.78, 5) is 9.77. The number of carboxylic acid groups (broad SMARTS) is 1. The first kappa shape index (κ1) is 34.1. The molecular weight excluding hydrogens is 660 g/mol. The lowest BCUT2D eigenvalue weighted by atomic mass is 10.1. The van der Waals surface area contributed by atoms with E-state index in [2.05, 4.69) is 4.72 Å². The van der Waals surface area contributed by atoms with Gasteiger partial charge in [0.1, 0.15) is 4.90 Å². The number of carboxylic acids is 1. The molecule has 242 valence electrons. The van der Waals surface area contributed by atoms with E-state index < -0.39 is 69.6 Å². The zero-order valence-corrected chi connectivity index (χ0v) is 26.2. The summed E-state index contributed by atoms with van der Waals surface area (Å²) in [5.74, 6) is -1.33. The van der Waals surface area contributed by atoms with E-state index in [4.69, 9.17) is 0 Å². The number of alkyl halides is 3. The van der Waals surface area contributed by atoms with E-state index >= 15 is 0 Å². The Morgan fingerprint density at radius 1 is 0.933 bits per heavy atom. The molecule has 0 aliphatic heterocycles. The van der Waals surface area contributed by atoms with Crippen LogP contribution in [0.4, 0.5) is 13.2 Å². The van der Waals surface area contributed by atoms with Crippen LogP contribution in [0.3, 0.4) is 0 Å². The van der Waals surface area contributed by atoms with Gasteiger partial charge in [-0.3, -0.25) is 0 Å². The quantitative estimate of drug-likeness (QED) is 0.222. The van der Waals surface area contributed by atoms with Crippen LogP contribution in [0.1, 0.15) is 35.7 Å². The molecule has 2 N–H and O–H groups in total. The van der Waals surface area contributed by atoms with Crippen LogP contribution < -0.4 is 4.72 Å². The molecule has 0 bridgehead atoms. The van der Waals surface area contributed by atoms with Crippen molar-refractivity contribution in [3.8, 4) is 0 Å². The largest absolute Gasteiger partial charge is 0.478 e. The van der Waals surface area contributed by atoms with Crippen LogP contribution >= 0.6 is 0 Å². The van der Waals surface area contributed by atoms with E-state index in [0.717, 1.165) is 22.5 Å². The molecule has 1 heterocycles. The van der Waals surface area contributed by atoms with Crippen molar-refractivity contribution in [1.29, 1.82) is 0 Å². The van der Waals surface area contributed by atoms with Crippen molar-refractivity contribution >= 4 is 46.9 Å². The topological polar surface area (TPSA) is 160 Å². The smallest absolute Gasteiger partial charge is 0.417 e. The second kappa shape index (κ2) is 12.6. The summed E-state index contributed by atoms with van der Waals surface area (Å²) < 4.78 is 126. The number of benzene rings is 3. The summed E-state index contributed by atoms with van der Waals surface area (Å²) in [6.07, 6.45) is -4.44. The predicted molar refractivity (Wildman–Crippen MR) is 158 cm³/mol. The zero-order chi connectivity index (χ0) is 33.4. The van der Waals surface area contributed by atoms with Crippen molar-refractivity contribution in [2.24, 2.45) is 0 Å². The number of carbonyl (C=O) groups is 1. The highest BCUT2D eigenvalue weighted by Gasteiger charge is 2.38. The first-order valence-corrected chi connectivity index (χ1v) is 17.6. The minimum atomic E-state index is -5.04. The molecule has 3 aromatic carbocycles. The van der Waals surface area contributed by atoms with Crippen LogP contribution in [0.25, 0.3) is 10.9 Å². The van der Waals surface area contributed by atoms with Crippen LogP contribution in [-0.4, -0.2) is 64.2 Å². The third-order valence-electron chi connectivity index (χ3n) is 7.05. The third kappa shape index (κ3) is 6.91. The molecule has 4 aromatic rings. The number of aromatic carboxylic acids is 1. The SMILES string of the molecule is CCC(CCN(C)S(=O)(=O)c1cccc(C(=O)O)c1)NS(=O)(=O)c1cn(S(=O)(=O)c2ccccc2)c2cccc(C(F)(F)F)c12. The molecular formula is C28H28F3N3O8S3. The fraction of sp³-hybridized carbons (Fsp3) is 0.250. The van der Waals surface area contributed by atoms with Crippen molar-refractivity contribution in [2.45, 2.75) is 46.7 Å². The Labute approximate surface area is 258 Å². The second-order valence-electron chi connectivity index (χ2n) is 9.98. The monoisotopic (exact) mass is 687 g/mol. The minimum absolute atomic E-state index is 0.0920. The molecule has 0 radical (unpaired) electrons. The minimum Gasteiger partial charge on any atom is -0.478 e. The fourth-order valence-electron chi connectivity index (χ4n) is 4.62. The number of hydrogen-bond acceptors (Lipinski definition) is 7. The molecule has 4 rings (SSSR count). The normalized spacial score (nSPS) is 13.7. The van der Waals surface area contributed by atoms with Gasteiger partial charge in [0.25, 0.3) is 10.0 Å². The lowest BCUT2D eigenvalue weighted by molar-refractivity contribution is -0.136. The molecule has 17 heteroatoms. The Morgan fingerprint density at radius 2 is 1.56 bits per heavy atom. The Hall–Kier alpha value is -3.77. The van der Waals surface area contributed by atoms with Crippen molar-refractivity contribution in [2.75, 3.05) is 13.6 Å². The lowest BCUT2D eigenvalue weighted by Crippen LogP contribution is -2.38. The van der Waals surface area contributed by atoms with Gasteiger partial charge in [-0.1, -0.05) is 37.3 Å². The maximum Gasteiger partial charge on any atom is 0.417 e. The molecule has 1 unspecified atom stereocenters. The van der Waals surface area contributed by atoms with Crippen LogP contribution in [-0.2, 0) is 36.2 Å². The summed E-state index contributed by atoms with van der Waals surface area (Å²) in [7, 11) is -12.3. The number of aromatic nitrogens is 1. The molecule has 1 aromatic heterocycles. The van der Waals surface area contributed by atoms with Gasteiger partial charge in [0.05, 0.1) is 26.4 Å². The average molecular weight is 688 g/mol. The van der Waals surface area contributed by atoms with Crippen molar-refractivity contribution < 1.29 is 48.3 Å². The van der Waals surface area contributed by atoms with Gasteiger partial charge in [-0.2, -0.15) is 13.2 Å². The summed E-state index contributed by atoms with van der Waals surface area (Å²) in [6, 6.07) is 13.2. The molecule has 0 saturated carbocycles. The van der Waals surface area contributed by atoms with Crippen LogP contribution in [0, 0.1) is 0 Å². The number of nitrogens with zero attached hydrogens (tertiary/aromatic N) is 2. The maximum atomic E-state index is 14.1. The fourth-order valence-corrected chi connectivity index (χ4v) is 8.88. The molecule has 0 amide bonds. The first-order valence-electron chi connectivity index (χ1n) is 13.2. The Balaban J connectivity index is 1.70. The van der Waals surface area contributed by atoms with Crippen molar-refractivity contribution in [3.05, 3.63) is 90.1 Å². The van der Waals surface area contributed by atoms with Gasteiger partial charge in [-0.15, -0.1) is 0 Å². The molecule has 0 aliphatic carbocycles. The molecule has 0 spiro atoms. The zero-order valence-electron chi connectivity index (χ0n) is 23.8. The van der Waals surface area contributed by atoms with E-state index in [0.29, 0.717) is 16.2 Å². The molecule has 45 heavy (non-hydrogen) atoms. The van der Waals surface area contributed by atoms with Crippen LogP contribution in [0.2, 0.25) is 0 Å². The number of sulfonamides is 2. The van der Waals surface area contributed by atoms with Gasteiger partial charge in [0, 0.05) is 31.2 Å². The number of rotatable bonds is 12. The first-order chi connectivity index (χ1) is 20.9. The summed E-state index contributed by atoms with van der Waals surface area (Å²) in [5.41, 5.74) is -2.11. The molecule has 0 fully saturated rings. The molecule has 11 nitrogen and oxygen atoms in total. The number of fused-ring (bicyclic) bond motifs is 1. The van der Waals surface area contributed by atoms with Crippen LogP contribution in [0.15, 0.2) is 93.7 Å².